The van der Waals surface area contributed by atoms with Crippen LogP contribution in [0.5, 0.6) is 0 Å². The van der Waals surface area contributed by atoms with E-state index in [1.54, 1.807) is 6.07 Å². The number of carbonyl (C=O) groups excluding carboxylic acids is 2. The van der Waals surface area contributed by atoms with Crippen LogP contribution in [0.25, 0.3) is 0 Å². The molecule has 0 unspecified atom stereocenters. The molecule has 0 radical (unpaired) electrons. The van der Waals surface area contributed by atoms with Crippen LogP contribution in [-0.2, 0) is 9.59 Å². The molecule has 0 saturated carbocycles. The predicted octanol–water partition coefficient (Wildman–Crippen LogP) is 4.15. The van der Waals surface area contributed by atoms with Crippen molar-refractivity contribution in [1.29, 1.82) is 0 Å². The summed E-state index contributed by atoms with van der Waals surface area (Å²) in [7, 11) is 0. The molecule has 0 aliphatic heterocycles. The molecule has 0 saturated heterocycles. The SMILES string of the molecule is Cc1cc(C)c(NC(=O)C(=O)Nc2cc(C)ccc2C)c(Cl)c1. The number of hydrogen-bond donors (Lipinski definition) is 2. The molecule has 2 N–H and O–H groups in total. The van der Waals surface area contributed by atoms with Gasteiger partial charge in [0, 0.05) is 5.69 Å². The Balaban J connectivity index is 2.15. The summed E-state index contributed by atoms with van der Waals surface area (Å²) in [5.41, 5.74) is 4.77. The lowest BCUT2D eigenvalue weighted by Crippen LogP contribution is -2.29. The Labute approximate surface area is 140 Å². The molecule has 0 aromatic heterocycles. The first-order valence-corrected chi connectivity index (χ1v) is 7.62. The highest BCUT2D eigenvalue weighted by Gasteiger charge is 2.17. The second-order valence-corrected chi connectivity index (χ2v) is 6.07. The number of anilines is 2. The van der Waals surface area contributed by atoms with Gasteiger partial charge in [-0.2, -0.15) is 0 Å². The van der Waals surface area contributed by atoms with E-state index in [1.807, 2.05) is 52.0 Å². The molecular weight excluding hydrogens is 312 g/mol. The fourth-order valence-electron chi connectivity index (χ4n) is 2.29. The van der Waals surface area contributed by atoms with Crippen molar-refractivity contribution < 1.29 is 9.59 Å². The van der Waals surface area contributed by atoms with E-state index in [-0.39, 0.29) is 0 Å². The highest BCUT2D eigenvalue weighted by molar-refractivity contribution is 6.45. The molecular formula is C18H19ClN2O2. The Morgan fingerprint density at radius 3 is 2.13 bits per heavy atom. The van der Waals surface area contributed by atoms with Gasteiger partial charge in [-0.25, -0.2) is 0 Å². The topological polar surface area (TPSA) is 58.2 Å². The molecule has 2 aromatic rings. The van der Waals surface area contributed by atoms with Gasteiger partial charge in [-0.1, -0.05) is 29.8 Å². The van der Waals surface area contributed by atoms with E-state index in [9.17, 15) is 9.59 Å². The van der Waals surface area contributed by atoms with E-state index in [2.05, 4.69) is 10.6 Å². The normalized spacial score (nSPS) is 10.3. The monoisotopic (exact) mass is 330 g/mol. The minimum Gasteiger partial charge on any atom is -0.318 e. The second-order valence-electron chi connectivity index (χ2n) is 5.67. The molecule has 0 aliphatic carbocycles. The van der Waals surface area contributed by atoms with Crippen molar-refractivity contribution in [3.63, 3.8) is 0 Å². The van der Waals surface area contributed by atoms with Crippen LogP contribution in [0.1, 0.15) is 22.3 Å². The molecule has 0 spiro atoms. The smallest absolute Gasteiger partial charge is 0.314 e. The first-order valence-electron chi connectivity index (χ1n) is 7.24. The number of aryl methyl sites for hydroxylation is 4. The van der Waals surface area contributed by atoms with Crippen molar-refractivity contribution in [3.05, 3.63) is 57.6 Å². The van der Waals surface area contributed by atoms with Crippen LogP contribution in [-0.4, -0.2) is 11.8 Å². The van der Waals surface area contributed by atoms with Gasteiger partial charge in [-0.15, -0.1) is 0 Å². The van der Waals surface area contributed by atoms with Gasteiger partial charge in [0.2, 0.25) is 0 Å². The molecule has 0 aliphatic rings. The van der Waals surface area contributed by atoms with Crippen LogP contribution >= 0.6 is 11.6 Å². The third-order valence-corrected chi connectivity index (χ3v) is 3.82. The second kappa shape index (κ2) is 6.84. The molecule has 120 valence electrons. The Morgan fingerprint density at radius 2 is 1.48 bits per heavy atom. The average Bonchev–Trinajstić information content (AvgIpc) is 2.46. The van der Waals surface area contributed by atoms with Crippen LogP contribution in [0, 0.1) is 27.7 Å². The quantitative estimate of drug-likeness (QED) is 0.813. The van der Waals surface area contributed by atoms with Crippen LogP contribution in [0.15, 0.2) is 30.3 Å². The van der Waals surface area contributed by atoms with Gasteiger partial charge in [0.25, 0.3) is 0 Å². The summed E-state index contributed by atoms with van der Waals surface area (Å²) in [6.07, 6.45) is 0. The zero-order valence-corrected chi connectivity index (χ0v) is 14.3. The van der Waals surface area contributed by atoms with E-state index in [0.29, 0.717) is 16.4 Å². The third kappa shape index (κ3) is 4.11. The summed E-state index contributed by atoms with van der Waals surface area (Å²) in [5, 5.41) is 5.62. The fourth-order valence-corrected chi connectivity index (χ4v) is 2.66. The summed E-state index contributed by atoms with van der Waals surface area (Å²) in [5.74, 6) is -1.48. The van der Waals surface area contributed by atoms with E-state index in [0.717, 1.165) is 22.3 Å². The summed E-state index contributed by atoms with van der Waals surface area (Å²) in [6, 6.07) is 9.30. The molecule has 0 heterocycles. The number of benzene rings is 2. The number of hydrogen-bond acceptors (Lipinski definition) is 2. The molecule has 2 aromatic carbocycles. The molecule has 0 fully saturated rings. The minimum atomic E-state index is -0.750. The summed E-state index contributed by atoms with van der Waals surface area (Å²) >= 11 is 6.14. The summed E-state index contributed by atoms with van der Waals surface area (Å²) in [4.78, 5) is 24.2. The van der Waals surface area contributed by atoms with Crippen molar-refractivity contribution in [2.75, 3.05) is 10.6 Å². The molecule has 23 heavy (non-hydrogen) atoms. The molecule has 0 bridgehead atoms. The van der Waals surface area contributed by atoms with Gasteiger partial charge in [-0.05, 0) is 62.1 Å². The minimum absolute atomic E-state index is 0.412. The van der Waals surface area contributed by atoms with Crippen LogP contribution in [0.3, 0.4) is 0 Å². The van der Waals surface area contributed by atoms with Crippen molar-refractivity contribution in [2.45, 2.75) is 27.7 Å². The van der Waals surface area contributed by atoms with Gasteiger partial charge in [0.05, 0.1) is 10.7 Å². The predicted molar refractivity (Wildman–Crippen MR) is 94.1 cm³/mol. The maximum Gasteiger partial charge on any atom is 0.314 e. The summed E-state index contributed by atoms with van der Waals surface area (Å²) < 4.78 is 0. The van der Waals surface area contributed by atoms with Crippen molar-refractivity contribution in [3.8, 4) is 0 Å². The highest BCUT2D eigenvalue weighted by atomic mass is 35.5. The Morgan fingerprint density at radius 1 is 0.826 bits per heavy atom. The zero-order chi connectivity index (χ0) is 17.1. The Kier molecular flexibility index (Phi) is 5.06. The van der Waals surface area contributed by atoms with Gasteiger partial charge in [0.1, 0.15) is 0 Å². The number of rotatable bonds is 2. The lowest BCUT2D eigenvalue weighted by atomic mass is 10.1. The maximum atomic E-state index is 12.1. The molecule has 5 heteroatoms. The summed E-state index contributed by atoms with van der Waals surface area (Å²) in [6.45, 7) is 7.54. The number of nitrogens with one attached hydrogen (secondary N) is 2. The lowest BCUT2D eigenvalue weighted by Gasteiger charge is -2.12. The van der Waals surface area contributed by atoms with E-state index in [4.69, 9.17) is 11.6 Å². The van der Waals surface area contributed by atoms with Gasteiger partial charge in [-0.3, -0.25) is 9.59 Å². The average molecular weight is 331 g/mol. The van der Waals surface area contributed by atoms with Crippen molar-refractivity contribution in [1.82, 2.24) is 0 Å². The maximum absolute atomic E-state index is 12.1. The molecule has 0 atom stereocenters. The number of carbonyl (C=O) groups is 2. The van der Waals surface area contributed by atoms with Crippen LogP contribution < -0.4 is 10.6 Å². The van der Waals surface area contributed by atoms with Gasteiger partial charge >= 0.3 is 11.8 Å². The highest BCUT2D eigenvalue weighted by Crippen LogP contribution is 2.27. The molecule has 2 rings (SSSR count). The van der Waals surface area contributed by atoms with Crippen LogP contribution in [0.2, 0.25) is 5.02 Å². The Bertz CT molecular complexity index is 762. The number of halogens is 1. The first-order chi connectivity index (χ1) is 10.8. The van der Waals surface area contributed by atoms with Gasteiger partial charge in [0.15, 0.2) is 0 Å². The van der Waals surface area contributed by atoms with Crippen molar-refractivity contribution >= 4 is 34.8 Å². The van der Waals surface area contributed by atoms with Crippen LogP contribution in [0.4, 0.5) is 11.4 Å². The Hall–Kier alpha value is -2.33. The number of amides is 2. The van der Waals surface area contributed by atoms with Gasteiger partial charge < -0.3 is 10.6 Å². The standard InChI is InChI=1S/C18H19ClN2O2/c1-10-5-6-12(3)15(9-10)20-17(22)18(23)21-16-13(4)7-11(2)8-14(16)19/h5-9H,1-4H3,(H,20,22)(H,21,23). The lowest BCUT2D eigenvalue weighted by molar-refractivity contribution is -0.133. The van der Waals surface area contributed by atoms with E-state index in [1.165, 1.54) is 0 Å². The van der Waals surface area contributed by atoms with Crippen molar-refractivity contribution in [2.24, 2.45) is 0 Å². The van der Waals surface area contributed by atoms with E-state index >= 15 is 0 Å². The van der Waals surface area contributed by atoms with E-state index < -0.39 is 11.8 Å². The first kappa shape index (κ1) is 17.0. The molecule has 4 nitrogen and oxygen atoms in total. The molecule has 2 amide bonds. The third-order valence-electron chi connectivity index (χ3n) is 3.52. The fraction of sp³-hybridized carbons (Fsp3) is 0.222. The zero-order valence-electron chi connectivity index (χ0n) is 13.6. The largest absolute Gasteiger partial charge is 0.318 e.